The van der Waals surface area contributed by atoms with Crippen LogP contribution in [0.15, 0.2) is 24.3 Å². The van der Waals surface area contributed by atoms with Crippen LogP contribution in [0, 0.1) is 0 Å². The second-order valence-corrected chi connectivity index (χ2v) is 2.15. The molecule has 0 N–H and O–H groups in total. The van der Waals surface area contributed by atoms with Crippen molar-refractivity contribution in [2.45, 2.75) is 20.0 Å². The van der Waals surface area contributed by atoms with Crippen LogP contribution in [0.25, 0.3) is 0 Å². The van der Waals surface area contributed by atoms with Crippen LogP contribution in [-0.2, 0) is 4.74 Å². The normalized spacial score (nSPS) is 14.1. The Morgan fingerprint density at radius 3 is 2.56 bits per heavy atom. The third kappa shape index (κ3) is 5.31. The van der Waals surface area contributed by atoms with Gasteiger partial charge in [-0.2, -0.15) is 0 Å². The predicted molar refractivity (Wildman–Crippen MR) is 40.4 cm³/mol. The van der Waals surface area contributed by atoms with Crippen LogP contribution >= 0.6 is 0 Å². The van der Waals surface area contributed by atoms with Gasteiger partial charge in [-0.05, 0) is 13.8 Å². The van der Waals surface area contributed by atoms with Gasteiger partial charge in [0.25, 0.3) is 0 Å². The van der Waals surface area contributed by atoms with E-state index in [9.17, 15) is 0 Å². The van der Waals surface area contributed by atoms with E-state index >= 15 is 0 Å². The Balaban J connectivity index is 3.56. The number of ether oxygens (including phenoxy) is 1. The molecule has 0 amide bonds. The predicted octanol–water partition coefficient (Wildman–Crippen LogP) is 2.15. The van der Waals surface area contributed by atoms with E-state index < -0.39 is 0 Å². The van der Waals surface area contributed by atoms with Crippen LogP contribution in [0.4, 0.5) is 0 Å². The Labute approximate surface area is 57.0 Å². The second-order valence-electron chi connectivity index (χ2n) is 2.15. The topological polar surface area (TPSA) is 9.23 Å². The molecule has 0 saturated heterocycles. The zero-order valence-electron chi connectivity index (χ0n) is 6.35. The van der Waals surface area contributed by atoms with Gasteiger partial charge in [-0.1, -0.05) is 24.3 Å². The number of hydrogen-bond donors (Lipinski definition) is 0. The van der Waals surface area contributed by atoms with Crippen LogP contribution in [0.2, 0.25) is 0 Å². The average Bonchev–Trinajstić information content (AvgIpc) is 1.83. The first-order valence-corrected chi connectivity index (χ1v) is 3.03. The minimum absolute atomic E-state index is 0.196. The quantitative estimate of drug-likeness (QED) is 0.526. The minimum Gasteiger partial charge on any atom is -0.378 e. The minimum atomic E-state index is 0.196. The number of rotatable bonds is 3. The molecule has 0 aliphatic rings. The van der Waals surface area contributed by atoms with E-state index in [0.29, 0.717) is 0 Å². The number of methoxy groups -OCH3 is 1. The third-order valence-corrected chi connectivity index (χ3v) is 1.02. The van der Waals surface area contributed by atoms with Gasteiger partial charge in [-0.15, -0.1) is 0 Å². The van der Waals surface area contributed by atoms with Gasteiger partial charge in [0.1, 0.15) is 0 Å². The number of hydrogen-bond acceptors (Lipinski definition) is 1. The summed E-state index contributed by atoms with van der Waals surface area (Å²) in [4.78, 5) is 0. The van der Waals surface area contributed by atoms with Gasteiger partial charge in [0.2, 0.25) is 0 Å². The maximum Gasteiger partial charge on any atom is 0.0727 e. The van der Waals surface area contributed by atoms with Crippen LogP contribution < -0.4 is 0 Å². The van der Waals surface area contributed by atoms with Crippen molar-refractivity contribution in [2.75, 3.05) is 7.11 Å². The fourth-order valence-electron chi connectivity index (χ4n) is 0.378. The van der Waals surface area contributed by atoms with E-state index in [1.54, 1.807) is 7.11 Å². The highest BCUT2D eigenvalue weighted by Crippen LogP contribution is 1.94. The Kier molecular flexibility index (Phi) is 4.06. The van der Waals surface area contributed by atoms with Crippen LogP contribution in [-0.4, -0.2) is 13.2 Å². The van der Waals surface area contributed by atoms with E-state index in [4.69, 9.17) is 4.74 Å². The SMILES string of the molecule is C=C(C)/C=C\C(C)OC. The molecule has 52 valence electrons. The lowest BCUT2D eigenvalue weighted by Gasteiger charge is -2.00. The Morgan fingerprint density at radius 1 is 1.67 bits per heavy atom. The third-order valence-electron chi connectivity index (χ3n) is 1.02. The van der Waals surface area contributed by atoms with Gasteiger partial charge in [-0.25, -0.2) is 0 Å². The van der Waals surface area contributed by atoms with E-state index in [-0.39, 0.29) is 6.10 Å². The van der Waals surface area contributed by atoms with Gasteiger partial charge in [-0.3, -0.25) is 0 Å². The fraction of sp³-hybridized carbons (Fsp3) is 0.500. The first-order chi connectivity index (χ1) is 4.16. The molecule has 0 rings (SSSR count). The molecule has 0 radical (unpaired) electrons. The molecule has 0 aromatic carbocycles. The summed E-state index contributed by atoms with van der Waals surface area (Å²) >= 11 is 0. The van der Waals surface area contributed by atoms with Crippen molar-refractivity contribution < 1.29 is 4.74 Å². The molecule has 1 heteroatoms. The molecule has 1 nitrogen and oxygen atoms in total. The monoisotopic (exact) mass is 126 g/mol. The highest BCUT2D eigenvalue weighted by atomic mass is 16.5. The van der Waals surface area contributed by atoms with Crippen molar-refractivity contribution in [3.63, 3.8) is 0 Å². The molecule has 0 saturated carbocycles. The Hall–Kier alpha value is -0.560. The fourth-order valence-corrected chi connectivity index (χ4v) is 0.378. The maximum atomic E-state index is 4.97. The smallest absolute Gasteiger partial charge is 0.0727 e. The summed E-state index contributed by atoms with van der Waals surface area (Å²) in [6.45, 7) is 7.66. The largest absolute Gasteiger partial charge is 0.378 e. The lowest BCUT2D eigenvalue weighted by atomic mass is 10.3. The Bertz CT molecular complexity index is 114. The van der Waals surface area contributed by atoms with Crippen molar-refractivity contribution >= 4 is 0 Å². The molecular weight excluding hydrogens is 112 g/mol. The molecular formula is C8H14O. The molecule has 0 fully saturated rings. The highest BCUT2D eigenvalue weighted by Gasteiger charge is 1.87. The summed E-state index contributed by atoms with van der Waals surface area (Å²) in [6, 6.07) is 0. The van der Waals surface area contributed by atoms with Crippen LogP contribution in [0.3, 0.4) is 0 Å². The summed E-state index contributed by atoms with van der Waals surface area (Å²) in [7, 11) is 1.69. The molecule has 0 aromatic rings. The molecule has 0 aliphatic heterocycles. The standard InChI is InChI=1S/C8H14O/c1-7(2)5-6-8(3)9-4/h5-6,8H,1H2,2-4H3/b6-5-. The van der Waals surface area contributed by atoms with Gasteiger partial charge in [0.15, 0.2) is 0 Å². The van der Waals surface area contributed by atoms with Gasteiger partial charge in [0.05, 0.1) is 6.10 Å². The lowest BCUT2D eigenvalue weighted by Crippen LogP contribution is -1.98. The maximum absolute atomic E-state index is 4.97. The summed E-state index contributed by atoms with van der Waals surface area (Å²) in [5.41, 5.74) is 1.05. The van der Waals surface area contributed by atoms with E-state index in [2.05, 4.69) is 6.58 Å². The van der Waals surface area contributed by atoms with E-state index in [1.807, 2.05) is 26.0 Å². The molecule has 1 atom stereocenters. The van der Waals surface area contributed by atoms with Gasteiger partial charge in [0, 0.05) is 7.11 Å². The van der Waals surface area contributed by atoms with E-state index in [0.717, 1.165) is 5.57 Å². The first kappa shape index (κ1) is 8.44. The molecule has 0 spiro atoms. The van der Waals surface area contributed by atoms with Crippen molar-refractivity contribution in [2.24, 2.45) is 0 Å². The molecule has 9 heavy (non-hydrogen) atoms. The van der Waals surface area contributed by atoms with Crippen LogP contribution in [0.1, 0.15) is 13.8 Å². The Morgan fingerprint density at radius 2 is 2.22 bits per heavy atom. The molecule has 0 heterocycles. The summed E-state index contributed by atoms with van der Waals surface area (Å²) in [6.07, 6.45) is 4.12. The van der Waals surface area contributed by atoms with E-state index in [1.165, 1.54) is 0 Å². The summed E-state index contributed by atoms with van der Waals surface area (Å²) < 4.78 is 4.97. The summed E-state index contributed by atoms with van der Waals surface area (Å²) in [5.74, 6) is 0. The van der Waals surface area contributed by atoms with Gasteiger partial charge < -0.3 is 4.74 Å². The zero-order chi connectivity index (χ0) is 7.28. The van der Waals surface area contributed by atoms with Crippen molar-refractivity contribution in [3.8, 4) is 0 Å². The molecule has 0 aliphatic carbocycles. The van der Waals surface area contributed by atoms with Crippen molar-refractivity contribution in [1.82, 2.24) is 0 Å². The van der Waals surface area contributed by atoms with Gasteiger partial charge >= 0.3 is 0 Å². The molecule has 1 unspecified atom stereocenters. The van der Waals surface area contributed by atoms with Crippen molar-refractivity contribution in [1.29, 1.82) is 0 Å². The average molecular weight is 126 g/mol. The zero-order valence-corrected chi connectivity index (χ0v) is 6.35. The van der Waals surface area contributed by atoms with Crippen LogP contribution in [0.5, 0.6) is 0 Å². The highest BCUT2D eigenvalue weighted by molar-refractivity contribution is 5.11. The molecule has 0 aromatic heterocycles. The molecule has 0 bridgehead atoms. The number of allylic oxidation sites excluding steroid dienone is 2. The lowest BCUT2D eigenvalue weighted by molar-refractivity contribution is 0.156. The van der Waals surface area contributed by atoms with Crippen molar-refractivity contribution in [3.05, 3.63) is 24.3 Å². The summed E-state index contributed by atoms with van der Waals surface area (Å²) in [5, 5.41) is 0. The first-order valence-electron chi connectivity index (χ1n) is 3.03. The second kappa shape index (κ2) is 4.33.